The van der Waals surface area contributed by atoms with Gasteiger partial charge in [-0.2, -0.15) is 0 Å². The van der Waals surface area contributed by atoms with Crippen LogP contribution in [0, 0.1) is 11.8 Å². The van der Waals surface area contributed by atoms with Crippen molar-refractivity contribution in [3.05, 3.63) is 0 Å². The highest BCUT2D eigenvalue weighted by Gasteiger charge is 2.32. The van der Waals surface area contributed by atoms with Crippen molar-refractivity contribution in [2.75, 3.05) is 5.75 Å². The molecule has 1 saturated heterocycles. The minimum atomic E-state index is 0.594. The molecule has 2 saturated carbocycles. The molecular weight excluding hydrogens is 228 g/mol. The summed E-state index contributed by atoms with van der Waals surface area (Å²) in [5.41, 5.74) is 0. The number of nitrogens with one attached hydrogen (secondary N) is 1. The number of hydrogen-bond donors (Lipinski definition) is 1. The van der Waals surface area contributed by atoms with Gasteiger partial charge in [-0.25, -0.2) is 0 Å². The molecule has 3 rings (SSSR count). The van der Waals surface area contributed by atoms with Crippen LogP contribution in [-0.2, 0) is 0 Å². The summed E-state index contributed by atoms with van der Waals surface area (Å²) in [5, 5.41) is 4.95. The van der Waals surface area contributed by atoms with E-state index in [1.807, 2.05) is 11.8 Å². The summed E-state index contributed by atoms with van der Waals surface area (Å²) in [6, 6.07) is 1.34. The van der Waals surface area contributed by atoms with Crippen molar-refractivity contribution >= 4 is 16.9 Å². The Bertz CT molecular complexity index is 303. The number of fused-ring (bicyclic) bond motifs is 1. The first-order valence-corrected chi connectivity index (χ1v) is 8.28. The molecule has 0 spiro atoms. The van der Waals surface area contributed by atoms with E-state index in [1.165, 1.54) is 55.9 Å². The smallest absolute Gasteiger partial charge is 0.157 e. The molecule has 0 aromatic rings. The summed E-state index contributed by atoms with van der Waals surface area (Å²) in [5.74, 6) is 3.01. The third kappa shape index (κ3) is 2.64. The first kappa shape index (κ1) is 11.9. The molecule has 3 fully saturated rings. The Morgan fingerprint density at radius 2 is 2.00 bits per heavy atom. The topological polar surface area (TPSA) is 24.4 Å². The molecule has 2 aliphatic carbocycles. The van der Waals surface area contributed by atoms with Crippen molar-refractivity contribution in [3.63, 3.8) is 0 Å². The molecule has 2 nitrogen and oxygen atoms in total. The Balaban J connectivity index is 1.63. The zero-order chi connectivity index (χ0) is 11.7. The number of nitrogens with zero attached hydrogens (tertiary/aromatic N) is 1. The Morgan fingerprint density at radius 1 is 1.12 bits per heavy atom. The predicted octanol–water partition coefficient (Wildman–Crippen LogP) is 3.43. The highest BCUT2D eigenvalue weighted by atomic mass is 32.2. The van der Waals surface area contributed by atoms with E-state index in [2.05, 4.69) is 12.2 Å². The molecule has 4 unspecified atom stereocenters. The first-order valence-electron chi connectivity index (χ1n) is 7.30. The maximum Gasteiger partial charge on any atom is 0.157 e. The first-order chi connectivity index (χ1) is 8.33. The highest BCUT2D eigenvalue weighted by Crippen LogP contribution is 2.34. The Kier molecular flexibility index (Phi) is 3.64. The predicted molar refractivity (Wildman–Crippen MR) is 75.6 cm³/mol. The van der Waals surface area contributed by atoms with E-state index in [9.17, 15) is 0 Å². The molecular formula is C14H24N2S. The van der Waals surface area contributed by atoms with Gasteiger partial charge in [-0.15, -0.1) is 0 Å². The lowest BCUT2D eigenvalue weighted by molar-refractivity contribution is 0.332. The third-order valence-corrected chi connectivity index (χ3v) is 5.84. The van der Waals surface area contributed by atoms with E-state index < -0.39 is 0 Å². The molecule has 3 aliphatic rings. The zero-order valence-electron chi connectivity index (χ0n) is 10.8. The summed E-state index contributed by atoms with van der Waals surface area (Å²) in [4.78, 5) is 5.00. The van der Waals surface area contributed by atoms with Crippen LogP contribution in [0.3, 0.4) is 0 Å². The SMILES string of the molecule is CC1CCCCC1N=C1NC2CCCC2CS1. The fourth-order valence-corrected chi connectivity index (χ4v) is 4.74. The van der Waals surface area contributed by atoms with E-state index in [0.29, 0.717) is 6.04 Å². The fourth-order valence-electron chi connectivity index (χ4n) is 3.53. The minimum Gasteiger partial charge on any atom is -0.362 e. The monoisotopic (exact) mass is 252 g/mol. The molecule has 0 radical (unpaired) electrons. The van der Waals surface area contributed by atoms with Crippen molar-refractivity contribution in [3.8, 4) is 0 Å². The van der Waals surface area contributed by atoms with E-state index in [1.54, 1.807) is 0 Å². The summed E-state index contributed by atoms with van der Waals surface area (Å²) < 4.78 is 0. The lowest BCUT2D eigenvalue weighted by atomic mass is 9.86. The number of thioether (sulfide) groups is 1. The largest absolute Gasteiger partial charge is 0.362 e. The zero-order valence-corrected chi connectivity index (χ0v) is 11.6. The quantitative estimate of drug-likeness (QED) is 0.773. The molecule has 0 amide bonds. The van der Waals surface area contributed by atoms with Gasteiger partial charge in [0.1, 0.15) is 0 Å². The van der Waals surface area contributed by atoms with Crippen LogP contribution >= 0.6 is 11.8 Å². The van der Waals surface area contributed by atoms with Gasteiger partial charge in [0.2, 0.25) is 0 Å². The second-order valence-electron chi connectivity index (χ2n) is 6.02. The highest BCUT2D eigenvalue weighted by molar-refractivity contribution is 8.13. The Labute approximate surface area is 109 Å². The average molecular weight is 252 g/mol. The summed E-state index contributed by atoms with van der Waals surface area (Å²) in [6.45, 7) is 2.37. The molecule has 3 heteroatoms. The van der Waals surface area contributed by atoms with E-state index in [-0.39, 0.29) is 0 Å². The van der Waals surface area contributed by atoms with Crippen LogP contribution in [0.4, 0.5) is 0 Å². The van der Waals surface area contributed by atoms with Gasteiger partial charge in [0.25, 0.3) is 0 Å². The van der Waals surface area contributed by atoms with Gasteiger partial charge < -0.3 is 5.32 Å². The van der Waals surface area contributed by atoms with Gasteiger partial charge >= 0.3 is 0 Å². The summed E-state index contributed by atoms with van der Waals surface area (Å²) in [7, 11) is 0. The maximum absolute atomic E-state index is 5.00. The van der Waals surface area contributed by atoms with E-state index in [4.69, 9.17) is 4.99 Å². The molecule has 0 bridgehead atoms. The van der Waals surface area contributed by atoms with Gasteiger partial charge in [0, 0.05) is 11.8 Å². The summed E-state index contributed by atoms with van der Waals surface area (Å²) in [6.07, 6.45) is 9.67. The lowest BCUT2D eigenvalue weighted by Gasteiger charge is -2.31. The van der Waals surface area contributed by atoms with Crippen LogP contribution in [0.15, 0.2) is 4.99 Å². The van der Waals surface area contributed by atoms with Crippen molar-refractivity contribution in [1.82, 2.24) is 5.32 Å². The van der Waals surface area contributed by atoms with Crippen molar-refractivity contribution in [1.29, 1.82) is 0 Å². The van der Waals surface area contributed by atoms with Gasteiger partial charge in [0.05, 0.1) is 6.04 Å². The molecule has 0 aromatic heterocycles. The molecule has 1 heterocycles. The third-order valence-electron chi connectivity index (χ3n) is 4.75. The lowest BCUT2D eigenvalue weighted by Crippen LogP contribution is -2.42. The van der Waals surface area contributed by atoms with E-state index >= 15 is 0 Å². The van der Waals surface area contributed by atoms with Gasteiger partial charge in [-0.3, -0.25) is 4.99 Å². The van der Waals surface area contributed by atoms with Crippen molar-refractivity contribution in [2.24, 2.45) is 16.8 Å². The van der Waals surface area contributed by atoms with Crippen LogP contribution in [0.1, 0.15) is 51.9 Å². The van der Waals surface area contributed by atoms with Crippen LogP contribution in [0.25, 0.3) is 0 Å². The normalized spacial score (nSPS) is 44.4. The standard InChI is InChI=1S/C14H24N2S/c1-10-5-2-3-7-12(10)15-14-16-13-8-4-6-11(13)9-17-14/h10-13H,2-9H2,1H3,(H,15,16). The van der Waals surface area contributed by atoms with Crippen molar-refractivity contribution < 1.29 is 0 Å². The number of hydrogen-bond acceptors (Lipinski definition) is 2. The fraction of sp³-hybridized carbons (Fsp3) is 0.929. The van der Waals surface area contributed by atoms with Gasteiger partial charge in [-0.1, -0.05) is 37.9 Å². The summed E-state index contributed by atoms with van der Waals surface area (Å²) >= 11 is 1.97. The Morgan fingerprint density at radius 3 is 2.88 bits per heavy atom. The van der Waals surface area contributed by atoms with Crippen LogP contribution < -0.4 is 5.32 Å². The Hall–Kier alpha value is -0.180. The van der Waals surface area contributed by atoms with Crippen LogP contribution in [0.2, 0.25) is 0 Å². The van der Waals surface area contributed by atoms with E-state index in [0.717, 1.165) is 17.9 Å². The number of rotatable bonds is 1. The van der Waals surface area contributed by atoms with Crippen molar-refractivity contribution in [2.45, 2.75) is 64.0 Å². The molecule has 1 aliphatic heterocycles. The second-order valence-corrected chi connectivity index (χ2v) is 7.02. The molecule has 4 atom stereocenters. The number of amidine groups is 1. The van der Waals surface area contributed by atoms with Gasteiger partial charge in [0.15, 0.2) is 5.17 Å². The number of aliphatic imine (C=N–C) groups is 1. The maximum atomic E-state index is 5.00. The van der Waals surface area contributed by atoms with Gasteiger partial charge in [-0.05, 0) is 37.5 Å². The molecule has 96 valence electrons. The molecule has 0 aromatic carbocycles. The second kappa shape index (κ2) is 5.21. The average Bonchev–Trinajstić information content (AvgIpc) is 2.79. The molecule has 17 heavy (non-hydrogen) atoms. The van der Waals surface area contributed by atoms with Crippen LogP contribution in [-0.4, -0.2) is 23.0 Å². The molecule has 1 N–H and O–H groups in total. The van der Waals surface area contributed by atoms with Crippen LogP contribution in [0.5, 0.6) is 0 Å². The minimum absolute atomic E-state index is 0.594.